The van der Waals surface area contributed by atoms with Crippen molar-refractivity contribution in [1.82, 2.24) is 20.8 Å². The number of nitrogens with zero attached hydrogens (tertiary/aromatic N) is 1. The van der Waals surface area contributed by atoms with Crippen LogP contribution in [0.3, 0.4) is 0 Å². The van der Waals surface area contributed by atoms with Crippen molar-refractivity contribution in [3.8, 4) is 0 Å². The maximum Gasteiger partial charge on any atom is 0.272 e. The van der Waals surface area contributed by atoms with E-state index in [4.69, 9.17) is 4.74 Å². The number of aromatic nitrogens is 2. The Morgan fingerprint density at radius 3 is 2.92 bits per heavy atom. The standard InChI is InChI=1S/C17H22N4O2.ClH/c1-2-23-11-13-6-4-3-5-12(13)9-19-17(22)16-14-10-18-8-7-15(14)20-21-16;/h3-6,18H,2,7-11H2,1H3,(H,19,22)(H,20,21);1H. The molecular formula is C17H23ClN4O2. The van der Waals surface area contributed by atoms with Gasteiger partial charge < -0.3 is 15.4 Å². The third-order valence-electron chi connectivity index (χ3n) is 4.04. The van der Waals surface area contributed by atoms with Crippen LogP contribution in [0.2, 0.25) is 0 Å². The molecular weight excluding hydrogens is 328 g/mol. The fraction of sp³-hybridized carbons (Fsp3) is 0.412. The van der Waals surface area contributed by atoms with E-state index in [1.54, 1.807) is 0 Å². The van der Waals surface area contributed by atoms with Crippen molar-refractivity contribution >= 4 is 18.3 Å². The highest BCUT2D eigenvalue weighted by atomic mass is 35.5. The van der Waals surface area contributed by atoms with E-state index in [0.717, 1.165) is 35.3 Å². The van der Waals surface area contributed by atoms with Crippen LogP contribution in [-0.2, 0) is 30.9 Å². The number of benzene rings is 1. The van der Waals surface area contributed by atoms with E-state index in [9.17, 15) is 4.79 Å². The molecule has 0 saturated carbocycles. The lowest BCUT2D eigenvalue weighted by Crippen LogP contribution is -2.28. The molecule has 1 aromatic heterocycles. The Hall–Kier alpha value is -1.89. The normalized spacial score (nSPS) is 13.0. The van der Waals surface area contributed by atoms with E-state index in [-0.39, 0.29) is 18.3 Å². The lowest BCUT2D eigenvalue weighted by Gasteiger charge is -2.13. The number of carbonyl (C=O) groups excluding carboxylic acids is 1. The number of hydrogen-bond acceptors (Lipinski definition) is 4. The third-order valence-corrected chi connectivity index (χ3v) is 4.04. The number of amides is 1. The summed E-state index contributed by atoms with van der Waals surface area (Å²) in [6, 6.07) is 7.99. The van der Waals surface area contributed by atoms with Crippen molar-refractivity contribution in [2.75, 3.05) is 13.2 Å². The molecule has 6 nitrogen and oxygen atoms in total. The van der Waals surface area contributed by atoms with E-state index in [2.05, 4.69) is 20.8 Å². The smallest absolute Gasteiger partial charge is 0.272 e. The van der Waals surface area contributed by atoms with E-state index < -0.39 is 0 Å². The molecule has 1 amide bonds. The second-order valence-electron chi connectivity index (χ2n) is 5.54. The zero-order chi connectivity index (χ0) is 16.1. The van der Waals surface area contributed by atoms with Crippen molar-refractivity contribution in [1.29, 1.82) is 0 Å². The Kier molecular flexibility index (Phi) is 6.78. The molecule has 0 spiro atoms. The number of halogens is 1. The summed E-state index contributed by atoms with van der Waals surface area (Å²) in [6.07, 6.45) is 0.882. The minimum absolute atomic E-state index is 0. The predicted octanol–water partition coefficient (Wildman–Crippen LogP) is 1.94. The lowest BCUT2D eigenvalue weighted by molar-refractivity contribution is 0.0943. The largest absolute Gasteiger partial charge is 0.377 e. The van der Waals surface area contributed by atoms with Gasteiger partial charge in [0.15, 0.2) is 5.69 Å². The van der Waals surface area contributed by atoms with Gasteiger partial charge in [-0.2, -0.15) is 5.10 Å². The van der Waals surface area contributed by atoms with Gasteiger partial charge in [0, 0.05) is 43.9 Å². The maximum absolute atomic E-state index is 12.4. The average Bonchev–Trinajstić information content (AvgIpc) is 3.02. The summed E-state index contributed by atoms with van der Waals surface area (Å²) in [5.41, 5.74) is 4.70. The quantitative estimate of drug-likeness (QED) is 0.744. The molecule has 1 aromatic carbocycles. The Balaban J connectivity index is 0.00000208. The number of aromatic amines is 1. The van der Waals surface area contributed by atoms with Crippen molar-refractivity contribution in [2.24, 2.45) is 0 Å². The Morgan fingerprint density at radius 2 is 2.12 bits per heavy atom. The number of carbonyl (C=O) groups is 1. The second kappa shape index (κ2) is 8.82. The molecule has 7 heteroatoms. The molecule has 0 saturated heterocycles. The van der Waals surface area contributed by atoms with Gasteiger partial charge in [-0.05, 0) is 18.1 Å². The van der Waals surface area contributed by atoms with Crippen LogP contribution in [0.15, 0.2) is 24.3 Å². The molecule has 1 aliphatic heterocycles. The molecule has 0 fully saturated rings. The summed E-state index contributed by atoms with van der Waals surface area (Å²) >= 11 is 0. The first-order valence-electron chi connectivity index (χ1n) is 7.99. The zero-order valence-corrected chi connectivity index (χ0v) is 14.5. The Bertz CT molecular complexity index is 687. The number of hydrogen-bond donors (Lipinski definition) is 3. The number of rotatable bonds is 6. The van der Waals surface area contributed by atoms with Crippen LogP contribution in [0.1, 0.15) is 39.8 Å². The molecule has 0 unspecified atom stereocenters. The predicted molar refractivity (Wildman–Crippen MR) is 94.2 cm³/mol. The van der Waals surface area contributed by atoms with Crippen molar-refractivity contribution in [2.45, 2.75) is 33.0 Å². The van der Waals surface area contributed by atoms with E-state index in [1.807, 2.05) is 31.2 Å². The highest BCUT2D eigenvalue weighted by Gasteiger charge is 2.21. The molecule has 24 heavy (non-hydrogen) atoms. The summed E-state index contributed by atoms with van der Waals surface area (Å²) in [7, 11) is 0. The molecule has 2 aromatic rings. The van der Waals surface area contributed by atoms with Crippen molar-refractivity contribution in [3.05, 3.63) is 52.3 Å². The molecule has 0 bridgehead atoms. The second-order valence-corrected chi connectivity index (χ2v) is 5.54. The Labute approximate surface area is 147 Å². The van der Waals surface area contributed by atoms with Crippen LogP contribution in [0.4, 0.5) is 0 Å². The topological polar surface area (TPSA) is 79.0 Å². The molecule has 3 rings (SSSR count). The number of ether oxygens (including phenoxy) is 1. The average molecular weight is 351 g/mol. The first kappa shape index (κ1) is 18.4. The SMILES string of the molecule is CCOCc1ccccc1CNC(=O)c1n[nH]c2c1CNCC2.Cl. The highest BCUT2D eigenvalue weighted by Crippen LogP contribution is 2.16. The van der Waals surface area contributed by atoms with Gasteiger partial charge in [0.1, 0.15) is 0 Å². The summed E-state index contributed by atoms with van der Waals surface area (Å²) in [5.74, 6) is -0.141. The van der Waals surface area contributed by atoms with Gasteiger partial charge in [0.05, 0.1) is 6.61 Å². The highest BCUT2D eigenvalue weighted by molar-refractivity contribution is 5.94. The van der Waals surface area contributed by atoms with Gasteiger partial charge in [-0.25, -0.2) is 0 Å². The van der Waals surface area contributed by atoms with Crippen LogP contribution in [0.25, 0.3) is 0 Å². The molecule has 2 heterocycles. The van der Waals surface area contributed by atoms with Gasteiger partial charge in [-0.3, -0.25) is 9.89 Å². The van der Waals surface area contributed by atoms with Crippen LogP contribution >= 0.6 is 12.4 Å². The minimum atomic E-state index is -0.141. The number of fused-ring (bicyclic) bond motifs is 1. The molecule has 1 aliphatic rings. The fourth-order valence-corrected chi connectivity index (χ4v) is 2.76. The van der Waals surface area contributed by atoms with Crippen molar-refractivity contribution < 1.29 is 9.53 Å². The maximum atomic E-state index is 12.4. The van der Waals surface area contributed by atoms with Gasteiger partial charge in [0.25, 0.3) is 5.91 Å². The molecule has 0 radical (unpaired) electrons. The molecule has 3 N–H and O–H groups in total. The van der Waals surface area contributed by atoms with Crippen LogP contribution < -0.4 is 10.6 Å². The Morgan fingerprint density at radius 1 is 1.33 bits per heavy atom. The van der Waals surface area contributed by atoms with Crippen molar-refractivity contribution in [3.63, 3.8) is 0 Å². The summed E-state index contributed by atoms with van der Waals surface area (Å²) in [5, 5.41) is 13.4. The molecule has 130 valence electrons. The first-order valence-corrected chi connectivity index (χ1v) is 7.99. The molecule has 0 aliphatic carbocycles. The lowest BCUT2D eigenvalue weighted by atomic mass is 10.1. The summed E-state index contributed by atoms with van der Waals surface area (Å²) in [4.78, 5) is 12.4. The van der Waals surface area contributed by atoms with Gasteiger partial charge in [0.2, 0.25) is 0 Å². The van der Waals surface area contributed by atoms with Crippen LogP contribution in [0, 0.1) is 0 Å². The van der Waals surface area contributed by atoms with Crippen LogP contribution in [0.5, 0.6) is 0 Å². The number of nitrogens with one attached hydrogen (secondary N) is 3. The van der Waals surface area contributed by atoms with Gasteiger partial charge >= 0.3 is 0 Å². The summed E-state index contributed by atoms with van der Waals surface area (Å²) < 4.78 is 5.48. The number of H-pyrrole nitrogens is 1. The summed E-state index contributed by atoms with van der Waals surface area (Å²) in [6.45, 7) is 5.28. The minimum Gasteiger partial charge on any atom is -0.377 e. The van der Waals surface area contributed by atoms with Crippen LogP contribution in [-0.4, -0.2) is 29.3 Å². The molecule has 0 atom stereocenters. The first-order chi connectivity index (χ1) is 11.3. The van der Waals surface area contributed by atoms with E-state index in [0.29, 0.717) is 32.0 Å². The van der Waals surface area contributed by atoms with Gasteiger partial charge in [-0.1, -0.05) is 24.3 Å². The third kappa shape index (κ3) is 4.14. The van der Waals surface area contributed by atoms with E-state index >= 15 is 0 Å². The van der Waals surface area contributed by atoms with E-state index in [1.165, 1.54) is 0 Å². The van der Waals surface area contributed by atoms with Gasteiger partial charge in [-0.15, -0.1) is 12.4 Å². The monoisotopic (exact) mass is 350 g/mol. The fourth-order valence-electron chi connectivity index (χ4n) is 2.76. The zero-order valence-electron chi connectivity index (χ0n) is 13.7.